The van der Waals surface area contributed by atoms with Crippen molar-refractivity contribution >= 4 is 17.7 Å². The summed E-state index contributed by atoms with van der Waals surface area (Å²) >= 11 is 0. The highest BCUT2D eigenvalue weighted by Gasteiger charge is 2.49. The maximum Gasteiger partial charge on any atom is 0.255 e. The molecule has 1 aromatic heterocycles. The van der Waals surface area contributed by atoms with Gasteiger partial charge >= 0.3 is 0 Å². The number of rotatable bonds is 5. The molecule has 0 unspecified atom stereocenters. The lowest BCUT2D eigenvalue weighted by Crippen LogP contribution is -2.48. The fourth-order valence-corrected chi connectivity index (χ4v) is 5.58. The molecule has 0 saturated heterocycles. The minimum Gasteiger partial charge on any atom is -0.390 e. The number of carbonyl (C=O) groups is 1. The van der Waals surface area contributed by atoms with E-state index < -0.39 is 5.60 Å². The summed E-state index contributed by atoms with van der Waals surface area (Å²) in [4.78, 5) is 17.1. The summed E-state index contributed by atoms with van der Waals surface area (Å²) in [5.41, 5.74) is 4.17. The van der Waals surface area contributed by atoms with Gasteiger partial charge in [-0.3, -0.25) is 9.78 Å². The average Bonchev–Trinajstić information content (AvgIpc) is 2.74. The van der Waals surface area contributed by atoms with Crippen molar-refractivity contribution in [3.8, 4) is 0 Å². The molecule has 3 atom stereocenters. The largest absolute Gasteiger partial charge is 0.390 e. The fourth-order valence-electron chi connectivity index (χ4n) is 5.58. The number of aromatic nitrogens is 1. The van der Waals surface area contributed by atoms with Crippen molar-refractivity contribution in [2.45, 2.75) is 70.3 Å². The molecule has 0 radical (unpaired) electrons. The molecule has 1 saturated carbocycles. The Morgan fingerprint density at radius 2 is 2.10 bits per heavy atom. The zero-order valence-corrected chi connectivity index (χ0v) is 18.2. The topological polar surface area (TPSA) is 62.2 Å². The molecule has 1 heterocycles. The molecule has 2 N–H and O–H groups in total. The molecule has 2 aliphatic rings. The summed E-state index contributed by atoms with van der Waals surface area (Å²) in [7, 11) is 0. The number of carbonyl (C=O) groups excluding carboxylic acids is 1. The van der Waals surface area contributed by atoms with Gasteiger partial charge in [-0.25, -0.2) is 0 Å². The molecule has 30 heavy (non-hydrogen) atoms. The molecule has 4 rings (SSSR count). The van der Waals surface area contributed by atoms with Gasteiger partial charge in [0.25, 0.3) is 5.91 Å². The first-order chi connectivity index (χ1) is 14.4. The first-order valence-electron chi connectivity index (χ1n) is 11.2. The van der Waals surface area contributed by atoms with Gasteiger partial charge in [-0.1, -0.05) is 38.5 Å². The van der Waals surface area contributed by atoms with E-state index in [1.165, 1.54) is 5.56 Å². The highest BCUT2D eigenvalue weighted by molar-refractivity contribution is 6.05. The van der Waals surface area contributed by atoms with Gasteiger partial charge in [-0.05, 0) is 80.3 Å². The van der Waals surface area contributed by atoms with Crippen molar-refractivity contribution in [3.63, 3.8) is 0 Å². The number of allylic oxidation sites excluding steroid dienone is 1. The summed E-state index contributed by atoms with van der Waals surface area (Å²) in [6.45, 7) is 6.29. The smallest absolute Gasteiger partial charge is 0.255 e. The van der Waals surface area contributed by atoms with Crippen LogP contribution in [0.1, 0.15) is 79.6 Å². The van der Waals surface area contributed by atoms with Gasteiger partial charge in [0.15, 0.2) is 0 Å². The standard InChI is InChI=1S/C26H32N2O2/c1-4-12-25(30)13-14-26(5-2)21(17-25)10-8-19-16-20(9-11-22(19)26)24(29)28-23-7-6-15-27-18(23)3/h6-11,15-16,21,30H,4-5,12-14,17H2,1-3H3,(H,28,29)/t21-,25+,26+/m1/s1. The summed E-state index contributed by atoms with van der Waals surface area (Å²) in [5, 5.41) is 14.0. The third-order valence-electron chi connectivity index (χ3n) is 7.31. The van der Waals surface area contributed by atoms with Crippen LogP contribution in [0.4, 0.5) is 5.69 Å². The molecule has 2 aromatic rings. The molecule has 1 fully saturated rings. The molecule has 158 valence electrons. The summed E-state index contributed by atoms with van der Waals surface area (Å²) in [5.74, 6) is 0.231. The minimum atomic E-state index is -0.540. The Bertz CT molecular complexity index is 983. The van der Waals surface area contributed by atoms with Crippen molar-refractivity contribution in [2.75, 3.05) is 5.32 Å². The Morgan fingerprint density at radius 3 is 2.83 bits per heavy atom. The maximum absolute atomic E-state index is 12.8. The first kappa shape index (κ1) is 20.8. The van der Waals surface area contributed by atoms with Crippen LogP contribution in [-0.2, 0) is 5.41 Å². The van der Waals surface area contributed by atoms with Crippen LogP contribution in [0.2, 0.25) is 0 Å². The monoisotopic (exact) mass is 404 g/mol. The number of anilines is 1. The normalized spacial score (nSPS) is 27.3. The van der Waals surface area contributed by atoms with E-state index in [2.05, 4.69) is 42.4 Å². The predicted molar refractivity (Wildman–Crippen MR) is 122 cm³/mol. The molecule has 0 aliphatic heterocycles. The second kappa shape index (κ2) is 7.99. The zero-order chi connectivity index (χ0) is 21.4. The second-order valence-corrected chi connectivity index (χ2v) is 9.05. The molecule has 4 heteroatoms. The van der Waals surface area contributed by atoms with Crippen LogP contribution >= 0.6 is 0 Å². The minimum absolute atomic E-state index is 0.0546. The van der Waals surface area contributed by atoms with E-state index >= 15 is 0 Å². The molecule has 2 aliphatic carbocycles. The van der Waals surface area contributed by atoms with Crippen LogP contribution in [0.15, 0.2) is 42.6 Å². The summed E-state index contributed by atoms with van der Waals surface area (Å²) in [6, 6.07) is 9.79. The number of nitrogens with zero attached hydrogens (tertiary/aromatic N) is 1. The number of nitrogens with one attached hydrogen (secondary N) is 1. The number of amides is 1. The average molecular weight is 405 g/mol. The first-order valence-corrected chi connectivity index (χ1v) is 11.2. The Balaban J connectivity index is 1.62. The lowest BCUT2D eigenvalue weighted by atomic mass is 9.55. The van der Waals surface area contributed by atoms with Crippen LogP contribution in [0, 0.1) is 12.8 Å². The third kappa shape index (κ3) is 3.58. The van der Waals surface area contributed by atoms with Crippen molar-refractivity contribution in [1.82, 2.24) is 4.98 Å². The van der Waals surface area contributed by atoms with Gasteiger partial charge in [0.2, 0.25) is 0 Å². The van der Waals surface area contributed by atoms with Crippen molar-refractivity contribution < 1.29 is 9.90 Å². The van der Waals surface area contributed by atoms with Crippen LogP contribution in [0.25, 0.3) is 6.08 Å². The number of pyridine rings is 1. The van der Waals surface area contributed by atoms with Crippen LogP contribution in [-0.4, -0.2) is 21.6 Å². The van der Waals surface area contributed by atoms with Gasteiger partial charge in [0, 0.05) is 17.2 Å². The molecule has 0 bridgehead atoms. The Hall–Kier alpha value is -2.46. The van der Waals surface area contributed by atoms with E-state index in [1.54, 1.807) is 6.20 Å². The predicted octanol–water partition coefficient (Wildman–Crippen LogP) is 5.65. The van der Waals surface area contributed by atoms with Crippen molar-refractivity contribution in [3.05, 3.63) is 65.0 Å². The molecule has 1 aromatic carbocycles. The van der Waals surface area contributed by atoms with Gasteiger partial charge < -0.3 is 10.4 Å². The van der Waals surface area contributed by atoms with Crippen molar-refractivity contribution in [2.24, 2.45) is 5.92 Å². The Morgan fingerprint density at radius 1 is 1.27 bits per heavy atom. The van der Waals surface area contributed by atoms with E-state index in [9.17, 15) is 9.90 Å². The van der Waals surface area contributed by atoms with Crippen LogP contribution < -0.4 is 5.32 Å². The molecule has 1 amide bonds. The quantitative estimate of drug-likeness (QED) is 0.677. The van der Waals surface area contributed by atoms with Crippen molar-refractivity contribution in [1.29, 1.82) is 0 Å². The molecular weight excluding hydrogens is 372 g/mol. The number of hydrogen-bond donors (Lipinski definition) is 2. The number of aryl methyl sites for hydroxylation is 1. The van der Waals surface area contributed by atoms with Gasteiger partial charge in [0.1, 0.15) is 0 Å². The number of aliphatic hydroxyl groups is 1. The summed E-state index contributed by atoms with van der Waals surface area (Å²) < 4.78 is 0. The van der Waals surface area contributed by atoms with Gasteiger partial charge in [0.05, 0.1) is 17.0 Å². The highest BCUT2D eigenvalue weighted by atomic mass is 16.3. The van der Waals surface area contributed by atoms with E-state index in [4.69, 9.17) is 0 Å². The van der Waals surface area contributed by atoms with Crippen LogP contribution in [0.3, 0.4) is 0 Å². The van der Waals surface area contributed by atoms with E-state index in [0.29, 0.717) is 11.5 Å². The molecule has 0 spiro atoms. The fraction of sp³-hybridized carbons (Fsp3) is 0.462. The van der Waals surface area contributed by atoms with E-state index in [1.807, 2.05) is 31.2 Å². The highest BCUT2D eigenvalue weighted by Crippen LogP contribution is 2.54. The van der Waals surface area contributed by atoms with Crippen LogP contribution in [0.5, 0.6) is 0 Å². The van der Waals surface area contributed by atoms with E-state index in [0.717, 1.165) is 55.5 Å². The molecule has 4 nitrogen and oxygen atoms in total. The summed E-state index contributed by atoms with van der Waals surface area (Å²) in [6.07, 6.45) is 11.7. The van der Waals surface area contributed by atoms with Gasteiger partial charge in [-0.15, -0.1) is 0 Å². The molecular formula is C26H32N2O2. The maximum atomic E-state index is 12.8. The number of fused-ring (bicyclic) bond motifs is 3. The lowest BCUT2D eigenvalue weighted by molar-refractivity contribution is -0.0426. The number of hydrogen-bond acceptors (Lipinski definition) is 3. The Kier molecular flexibility index (Phi) is 5.54. The lowest BCUT2D eigenvalue weighted by Gasteiger charge is -2.51. The SMILES string of the molecule is CCC[C@]1(O)CC[C@]2(CC)c3ccc(C(=O)Nc4cccnc4C)cc3C=C[C@@H]2C1. The van der Waals surface area contributed by atoms with E-state index in [-0.39, 0.29) is 11.3 Å². The number of benzene rings is 1. The third-order valence-corrected chi connectivity index (χ3v) is 7.31. The second-order valence-electron chi connectivity index (χ2n) is 9.05. The Labute approximate surface area is 179 Å². The zero-order valence-electron chi connectivity index (χ0n) is 18.2. The van der Waals surface area contributed by atoms with Gasteiger partial charge in [-0.2, -0.15) is 0 Å².